The van der Waals surface area contributed by atoms with Gasteiger partial charge in [0.1, 0.15) is 0 Å². The molecule has 2 aromatic carbocycles. The van der Waals surface area contributed by atoms with Crippen molar-refractivity contribution in [3.8, 4) is 0 Å². The van der Waals surface area contributed by atoms with E-state index in [2.05, 4.69) is 5.32 Å². The van der Waals surface area contributed by atoms with Crippen LogP contribution in [0.3, 0.4) is 0 Å². The summed E-state index contributed by atoms with van der Waals surface area (Å²) in [6.45, 7) is 4.98. The molecule has 2 rings (SSSR count). The van der Waals surface area contributed by atoms with Crippen molar-refractivity contribution in [1.82, 2.24) is 10.2 Å². The molecule has 0 spiro atoms. The lowest BCUT2D eigenvalue weighted by Crippen LogP contribution is -2.48. The number of ketones is 1. The number of likely N-dealkylation sites (N-methyl/N-ethyl adjacent to an activating group) is 1. The third kappa shape index (κ3) is 6.15. The lowest BCUT2D eigenvalue weighted by atomic mass is 9.88. The Hall–Kier alpha value is -3.68. The van der Waals surface area contributed by atoms with Gasteiger partial charge in [0, 0.05) is 37.2 Å². The maximum absolute atomic E-state index is 13.1. The lowest BCUT2D eigenvalue weighted by Gasteiger charge is -2.32. The van der Waals surface area contributed by atoms with Crippen LogP contribution in [-0.2, 0) is 9.59 Å². The van der Waals surface area contributed by atoms with Crippen molar-refractivity contribution in [3.63, 3.8) is 0 Å². The van der Waals surface area contributed by atoms with Crippen molar-refractivity contribution in [3.05, 3.63) is 65.2 Å². The Morgan fingerprint density at radius 3 is 2.16 bits per heavy atom. The van der Waals surface area contributed by atoms with Crippen molar-refractivity contribution in [1.29, 1.82) is 0 Å². The predicted molar refractivity (Wildman–Crippen MR) is 117 cm³/mol. The molecular formula is C23H27N3O5. The first-order valence-electron chi connectivity index (χ1n) is 9.89. The summed E-state index contributed by atoms with van der Waals surface area (Å²) in [7, 11) is 0. The average Bonchev–Trinajstić information content (AvgIpc) is 2.73. The Morgan fingerprint density at radius 2 is 1.65 bits per heavy atom. The number of nitrogens with zero attached hydrogens (tertiary/aromatic N) is 1. The van der Waals surface area contributed by atoms with Crippen molar-refractivity contribution < 1.29 is 24.3 Å². The van der Waals surface area contributed by atoms with Crippen LogP contribution in [0.1, 0.15) is 53.0 Å². The fourth-order valence-electron chi connectivity index (χ4n) is 3.41. The van der Waals surface area contributed by atoms with E-state index in [1.165, 1.54) is 36.9 Å². The molecule has 2 unspecified atom stereocenters. The van der Waals surface area contributed by atoms with Gasteiger partial charge in [0.05, 0.1) is 11.6 Å². The summed E-state index contributed by atoms with van der Waals surface area (Å²) in [6.07, 6.45) is 0. The molecule has 2 atom stereocenters. The highest BCUT2D eigenvalue weighted by Gasteiger charge is 2.31. The molecule has 0 aliphatic carbocycles. The van der Waals surface area contributed by atoms with Gasteiger partial charge in [0.25, 0.3) is 5.91 Å². The Kier molecular flexibility index (Phi) is 7.90. The number of carboxylic acid groups (broad SMARTS) is 1. The van der Waals surface area contributed by atoms with E-state index in [0.29, 0.717) is 12.2 Å². The van der Waals surface area contributed by atoms with E-state index in [1.807, 2.05) is 0 Å². The van der Waals surface area contributed by atoms with Crippen LogP contribution in [0.5, 0.6) is 0 Å². The molecule has 4 N–H and O–H groups in total. The second-order valence-corrected chi connectivity index (χ2v) is 7.29. The number of amides is 2. The number of anilines is 1. The number of carboxylic acids is 1. The molecule has 0 radical (unpaired) electrons. The van der Waals surface area contributed by atoms with Crippen molar-refractivity contribution in [2.75, 3.05) is 18.8 Å². The monoisotopic (exact) mass is 425 g/mol. The second-order valence-electron chi connectivity index (χ2n) is 7.29. The van der Waals surface area contributed by atoms with E-state index in [9.17, 15) is 24.3 Å². The molecule has 8 nitrogen and oxygen atoms in total. The first-order chi connectivity index (χ1) is 14.6. The zero-order chi connectivity index (χ0) is 23.1. The average molecular weight is 425 g/mol. The smallest absolute Gasteiger partial charge is 0.335 e. The zero-order valence-electron chi connectivity index (χ0n) is 17.8. The van der Waals surface area contributed by atoms with Gasteiger partial charge in [-0.3, -0.25) is 14.4 Å². The van der Waals surface area contributed by atoms with Crippen LogP contribution in [0.4, 0.5) is 5.69 Å². The largest absolute Gasteiger partial charge is 0.478 e. The number of carbonyl (C=O) groups excluding carboxylic acids is 3. The summed E-state index contributed by atoms with van der Waals surface area (Å²) in [5.74, 6) is -2.61. The molecule has 164 valence electrons. The Bertz CT molecular complexity index is 971. The number of Topliss-reactive ketones (excluding diaryl/α,β-unsaturated/α-hetero) is 1. The minimum atomic E-state index is -1.13. The van der Waals surface area contributed by atoms with E-state index in [-0.39, 0.29) is 35.3 Å². The molecule has 0 heterocycles. The van der Waals surface area contributed by atoms with E-state index in [0.717, 1.165) is 5.56 Å². The number of nitrogens with two attached hydrogens (primary N) is 1. The van der Waals surface area contributed by atoms with Crippen LogP contribution in [0.15, 0.2) is 48.5 Å². The number of rotatable bonds is 9. The van der Waals surface area contributed by atoms with Crippen LogP contribution >= 0.6 is 0 Å². The van der Waals surface area contributed by atoms with Gasteiger partial charge in [-0.2, -0.15) is 0 Å². The van der Waals surface area contributed by atoms with Gasteiger partial charge >= 0.3 is 5.97 Å². The number of hydrogen-bond donors (Lipinski definition) is 3. The number of nitrogen functional groups attached to an aromatic ring is 1. The molecule has 0 aliphatic rings. The molecule has 2 amide bonds. The maximum Gasteiger partial charge on any atom is 0.335 e. The number of nitrogens with one attached hydrogen (secondary N) is 1. The van der Waals surface area contributed by atoms with E-state index >= 15 is 0 Å². The Balaban J connectivity index is 2.42. The lowest BCUT2D eigenvalue weighted by molar-refractivity contribution is -0.126. The summed E-state index contributed by atoms with van der Waals surface area (Å²) in [6, 6.07) is 11.9. The molecular weight excluding hydrogens is 398 g/mol. The third-order valence-electron chi connectivity index (χ3n) is 5.01. The highest BCUT2D eigenvalue weighted by molar-refractivity contribution is 5.97. The quantitative estimate of drug-likeness (QED) is 0.529. The highest BCUT2D eigenvalue weighted by atomic mass is 16.4. The van der Waals surface area contributed by atoms with Gasteiger partial charge in [-0.25, -0.2) is 4.79 Å². The van der Waals surface area contributed by atoms with Gasteiger partial charge < -0.3 is 21.1 Å². The number of benzene rings is 2. The standard InChI is InChI=1S/C23H27N3O5/c1-4-26(22(29)17-6-5-7-18(12-17)23(30)31)13-20(16-8-10-19(24)11-9-16)21(14(2)27)25-15(3)28/h5-12,20-21H,4,13,24H2,1-3H3,(H,25,28)(H,30,31). The Morgan fingerprint density at radius 1 is 1.03 bits per heavy atom. The molecule has 0 saturated carbocycles. The van der Waals surface area contributed by atoms with Gasteiger partial charge in [-0.1, -0.05) is 18.2 Å². The van der Waals surface area contributed by atoms with Crippen LogP contribution < -0.4 is 11.1 Å². The van der Waals surface area contributed by atoms with Gasteiger partial charge in [0.15, 0.2) is 5.78 Å². The normalized spacial score (nSPS) is 12.5. The summed E-state index contributed by atoms with van der Waals surface area (Å²) < 4.78 is 0. The summed E-state index contributed by atoms with van der Waals surface area (Å²) in [5, 5.41) is 11.9. The topological polar surface area (TPSA) is 130 Å². The molecule has 8 heteroatoms. The molecule has 31 heavy (non-hydrogen) atoms. The van der Waals surface area contributed by atoms with Crippen LogP contribution in [0.25, 0.3) is 0 Å². The van der Waals surface area contributed by atoms with Gasteiger partial charge in [-0.15, -0.1) is 0 Å². The highest BCUT2D eigenvalue weighted by Crippen LogP contribution is 2.24. The second kappa shape index (κ2) is 10.4. The van der Waals surface area contributed by atoms with E-state index in [1.54, 1.807) is 37.3 Å². The molecule has 2 aromatic rings. The van der Waals surface area contributed by atoms with Crippen molar-refractivity contribution in [2.45, 2.75) is 32.7 Å². The summed E-state index contributed by atoms with van der Waals surface area (Å²) in [4.78, 5) is 50.0. The fourth-order valence-corrected chi connectivity index (χ4v) is 3.41. The first-order valence-corrected chi connectivity index (χ1v) is 9.89. The molecule has 0 saturated heterocycles. The van der Waals surface area contributed by atoms with Crippen LogP contribution in [0.2, 0.25) is 0 Å². The molecule has 0 fully saturated rings. The summed E-state index contributed by atoms with van der Waals surface area (Å²) >= 11 is 0. The number of carbonyl (C=O) groups is 4. The minimum Gasteiger partial charge on any atom is -0.478 e. The Labute approximate surface area is 181 Å². The van der Waals surface area contributed by atoms with Crippen LogP contribution in [-0.4, -0.2) is 52.7 Å². The fraction of sp³-hybridized carbons (Fsp3) is 0.304. The molecule has 0 aliphatic heterocycles. The van der Waals surface area contributed by atoms with E-state index in [4.69, 9.17) is 5.73 Å². The summed E-state index contributed by atoms with van der Waals surface area (Å²) in [5.41, 5.74) is 7.32. The third-order valence-corrected chi connectivity index (χ3v) is 5.01. The van der Waals surface area contributed by atoms with Crippen LogP contribution in [0, 0.1) is 0 Å². The minimum absolute atomic E-state index is 0.0110. The van der Waals surface area contributed by atoms with Gasteiger partial charge in [0.2, 0.25) is 5.91 Å². The molecule has 0 bridgehead atoms. The van der Waals surface area contributed by atoms with E-state index < -0.39 is 17.9 Å². The van der Waals surface area contributed by atoms with Crippen molar-refractivity contribution in [2.24, 2.45) is 0 Å². The predicted octanol–water partition coefficient (Wildman–Crippen LogP) is 2.31. The molecule has 0 aromatic heterocycles. The number of hydrogen-bond acceptors (Lipinski definition) is 5. The van der Waals surface area contributed by atoms with Gasteiger partial charge in [-0.05, 0) is 49.7 Å². The SMILES string of the molecule is CCN(CC(c1ccc(N)cc1)C(NC(C)=O)C(C)=O)C(=O)c1cccc(C(=O)O)c1. The maximum atomic E-state index is 13.1. The number of aromatic carboxylic acids is 1. The van der Waals surface area contributed by atoms with Crippen molar-refractivity contribution >= 4 is 29.3 Å². The first kappa shape index (κ1) is 23.6. The zero-order valence-corrected chi connectivity index (χ0v) is 17.8.